The maximum absolute atomic E-state index is 12.7. The predicted octanol–water partition coefficient (Wildman–Crippen LogP) is 5.18. The lowest BCUT2D eigenvalue weighted by atomic mass is 9.81. The van der Waals surface area contributed by atoms with Crippen molar-refractivity contribution in [3.05, 3.63) is 58.6 Å². The molecule has 3 nitrogen and oxygen atoms in total. The van der Waals surface area contributed by atoms with E-state index in [0.717, 1.165) is 36.2 Å². The maximum Gasteiger partial charge on any atom is 0.416 e. The van der Waals surface area contributed by atoms with E-state index in [1.807, 2.05) is 12.1 Å². The summed E-state index contributed by atoms with van der Waals surface area (Å²) in [7, 11) is 0. The lowest BCUT2D eigenvalue weighted by Gasteiger charge is -2.47. The van der Waals surface area contributed by atoms with Crippen LogP contribution in [0.5, 0.6) is 5.75 Å². The minimum atomic E-state index is -4.32. The molecule has 7 heteroatoms. The molecular formula is C20H20ClF3N2O. The zero-order valence-electron chi connectivity index (χ0n) is 14.6. The van der Waals surface area contributed by atoms with Gasteiger partial charge in [0.15, 0.2) is 0 Å². The Hall–Kier alpha value is -1.92. The number of rotatable bonds is 1. The van der Waals surface area contributed by atoms with Gasteiger partial charge in [0.25, 0.3) is 0 Å². The molecule has 0 amide bonds. The monoisotopic (exact) mass is 396 g/mol. The minimum absolute atomic E-state index is 0.134. The number of ether oxygens (including phenoxy) is 1. The molecule has 2 N–H and O–H groups in total. The van der Waals surface area contributed by atoms with Crippen molar-refractivity contribution in [2.45, 2.75) is 37.1 Å². The van der Waals surface area contributed by atoms with Crippen molar-refractivity contribution < 1.29 is 17.9 Å². The van der Waals surface area contributed by atoms with E-state index in [0.29, 0.717) is 30.3 Å². The fourth-order valence-corrected chi connectivity index (χ4v) is 4.25. The van der Waals surface area contributed by atoms with Gasteiger partial charge in [0, 0.05) is 49.6 Å². The summed E-state index contributed by atoms with van der Waals surface area (Å²) >= 11 is 6.30. The number of nitrogens with zero attached hydrogens (tertiary/aromatic N) is 1. The molecule has 0 unspecified atom stereocenters. The number of para-hydroxylation sites is 1. The molecule has 144 valence electrons. The van der Waals surface area contributed by atoms with Gasteiger partial charge in [0.1, 0.15) is 11.4 Å². The Labute approximate surface area is 160 Å². The molecule has 0 radical (unpaired) electrons. The molecule has 0 aromatic heterocycles. The van der Waals surface area contributed by atoms with E-state index in [2.05, 4.69) is 4.90 Å². The highest BCUT2D eigenvalue weighted by molar-refractivity contribution is 6.32. The normalized spacial score (nSPS) is 21.7. The number of fused-ring (bicyclic) bond motifs is 1. The Morgan fingerprint density at radius 3 is 2.37 bits per heavy atom. The molecule has 2 aliphatic heterocycles. The van der Waals surface area contributed by atoms with Crippen molar-refractivity contribution >= 4 is 17.3 Å². The third-order valence-electron chi connectivity index (χ3n) is 5.54. The van der Waals surface area contributed by atoms with Gasteiger partial charge in [-0.25, -0.2) is 0 Å². The molecule has 4 rings (SSSR count). The number of hydrogen-bond donors (Lipinski definition) is 1. The number of nitrogens with two attached hydrogens (primary N) is 1. The molecule has 0 saturated carbocycles. The predicted molar refractivity (Wildman–Crippen MR) is 99.2 cm³/mol. The third-order valence-corrected chi connectivity index (χ3v) is 5.84. The lowest BCUT2D eigenvalue weighted by Crippen LogP contribution is -2.51. The zero-order valence-corrected chi connectivity index (χ0v) is 15.4. The van der Waals surface area contributed by atoms with Gasteiger partial charge in [-0.2, -0.15) is 13.2 Å². The zero-order chi connectivity index (χ0) is 19.2. The Morgan fingerprint density at radius 1 is 1.07 bits per heavy atom. The van der Waals surface area contributed by atoms with Gasteiger partial charge in [-0.3, -0.25) is 0 Å². The van der Waals surface area contributed by atoms with E-state index in [4.69, 9.17) is 22.1 Å². The summed E-state index contributed by atoms with van der Waals surface area (Å²) in [5.41, 5.74) is 7.08. The highest BCUT2D eigenvalue weighted by Crippen LogP contribution is 2.46. The van der Waals surface area contributed by atoms with Crippen LogP contribution in [-0.4, -0.2) is 18.7 Å². The molecule has 2 aromatic carbocycles. The van der Waals surface area contributed by atoms with Gasteiger partial charge in [-0.15, -0.1) is 0 Å². The Bertz CT molecular complexity index is 830. The van der Waals surface area contributed by atoms with Crippen LogP contribution >= 0.6 is 11.6 Å². The molecule has 0 aliphatic carbocycles. The van der Waals surface area contributed by atoms with Crippen molar-refractivity contribution in [3.8, 4) is 5.75 Å². The first-order chi connectivity index (χ1) is 12.8. The fourth-order valence-electron chi connectivity index (χ4n) is 4.03. The van der Waals surface area contributed by atoms with E-state index in [1.54, 1.807) is 6.07 Å². The van der Waals surface area contributed by atoms with Crippen molar-refractivity contribution in [2.24, 2.45) is 5.73 Å². The van der Waals surface area contributed by atoms with Crippen molar-refractivity contribution in [1.29, 1.82) is 0 Å². The van der Waals surface area contributed by atoms with Crippen LogP contribution < -0.4 is 15.4 Å². The largest absolute Gasteiger partial charge is 0.485 e. The molecular weight excluding hydrogens is 377 g/mol. The Kier molecular flexibility index (Phi) is 4.51. The highest BCUT2D eigenvalue weighted by Gasteiger charge is 2.43. The lowest BCUT2D eigenvalue weighted by molar-refractivity contribution is -0.137. The molecule has 27 heavy (non-hydrogen) atoms. The quantitative estimate of drug-likeness (QED) is 0.721. The number of hydrogen-bond acceptors (Lipinski definition) is 3. The van der Waals surface area contributed by atoms with Crippen LogP contribution in [-0.2, 0) is 6.18 Å². The van der Waals surface area contributed by atoms with Gasteiger partial charge < -0.3 is 15.4 Å². The van der Waals surface area contributed by atoms with Crippen LogP contribution in [0.4, 0.5) is 18.9 Å². The third kappa shape index (κ3) is 3.48. The standard InChI is InChI=1S/C20H20ClF3N2O/c21-16-3-1-2-15-17(25)12-19(27-18(15)16)8-10-26(11-9-19)14-6-4-13(5-7-14)20(22,23)24/h1-7,17H,8-12,25H2/t17-/m1/s1. The van der Waals surface area contributed by atoms with Crippen molar-refractivity contribution in [2.75, 3.05) is 18.0 Å². The summed E-state index contributed by atoms with van der Waals surface area (Å²) < 4.78 is 44.5. The number of benzene rings is 2. The number of alkyl halides is 3. The number of halogens is 4. The van der Waals surface area contributed by atoms with Crippen LogP contribution in [0.2, 0.25) is 5.02 Å². The first-order valence-electron chi connectivity index (χ1n) is 8.93. The first kappa shape index (κ1) is 18.4. The van der Waals surface area contributed by atoms with Crippen LogP contribution in [0, 0.1) is 0 Å². The van der Waals surface area contributed by atoms with Gasteiger partial charge in [0.2, 0.25) is 0 Å². The van der Waals surface area contributed by atoms with E-state index in [1.165, 1.54) is 12.1 Å². The fraction of sp³-hybridized carbons (Fsp3) is 0.400. The van der Waals surface area contributed by atoms with Gasteiger partial charge in [-0.05, 0) is 30.3 Å². The first-order valence-corrected chi connectivity index (χ1v) is 9.30. The average Bonchev–Trinajstić information content (AvgIpc) is 2.63. The van der Waals surface area contributed by atoms with Gasteiger partial charge in [0.05, 0.1) is 10.6 Å². The molecule has 1 saturated heterocycles. The number of anilines is 1. The van der Waals surface area contributed by atoms with E-state index in [9.17, 15) is 13.2 Å². The molecule has 2 heterocycles. The molecule has 2 aromatic rings. The summed E-state index contributed by atoms with van der Waals surface area (Å²) in [6, 6.07) is 10.8. The van der Waals surface area contributed by atoms with Crippen LogP contribution in [0.3, 0.4) is 0 Å². The molecule has 1 fully saturated rings. The van der Waals surface area contributed by atoms with E-state index >= 15 is 0 Å². The van der Waals surface area contributed by atoms with Crippen LogP contribution in [0.1, 0.15) is 36.4 Å². The topological polar surface area (TPSA) is 38.5 Å². The summed E-state index contributed by atoms with van der Waals surface area (Å²) in [5, 5.41) is 0.562. The summed E-state index contributed by atoms with van der Waals surface area (Å²) in [6.07, 6.45) is -2.12. The molecule has 2 aliphatic rings. The smallest absolute Gasteiger partial charge is 0.416 e. The summed E-state index contributed by atoms with van der Waals surface area (Å²) in [4.78, 5) is 2.09. The van der Waals surface area contributed by atoms with Crippen LogP contribution in [0.25, 0.3) is 0 Å². The van der Waals surface area contributed by atoms with Crippen molar-refractivity contribution in [1.82, 2.24) is 0 Å². The molecule has 1 spiro atoms. The SMILES string of the molecule is N[C@@H]1CC2(CCN(c3ccc(C(F)(F)F)cc3)CC2)Oc2c(Cl)cccc21. The summed E-state index contributed by atoms with van der Waals surface area (Å²) in [5.74, 6) is 0.667. The average molecular weight is 397 g/mol. The Balaban J connectivity index is 1.48. The minimum Gasteiger partial charge on any atom is -0.485 e. The van der Waals surface area contributed by atoms with Gasteiger partial charge in [-0.1, -0.05) is 23.7 Å². The second-order valence-corrected chi connectivity index (χ2v) is 7.69. The highest BCUT2D eigenvalue weighted by atomic mass is 35.5. The van der Waals surface area contributed by atoms with Crippen LogP contribution in [0.15, 0.2) is 42.5 Å². The second-order valence-electron chi connectivity index (χ2n) is 7.29. The maximum atomic E-state index is 12.7. The van der Waals surface area contributed by atoms with E-state index < -0.39 is 11.7 Å². The van der Waals surface area contributed by atoms with Crippen molar-refractivity contribution in [3.63, 3.8) is 0 Å². The molecule has 1 atom stereocenters. The van der Waals surface area contributed by atoms with Gasteiger partial charge >= 0.3 is 6.18 Å². The van der Waals surface area contributed by atoms with E-state index in [-0.39, 0.29) is 11.6 Å². The summed E-state index contributed by atoms with van der Waals surface area (Å²) in [6.45, 7) is 1.38. The molecule has 0 bridgehead atoms. The Morgan fingerprint density at radius 2 is 1.74 bits per heavy atom. The second kappa shape index (κ2) is 6.60. The number of piperidine rings is 1.